The van der Waals surface area contributed by atoms with Gasteiger partial charge < -0.3 is 10.6 Å². The van der Waals surface area contributed by atoms with Gasteiger partial charge in [0.2, 0.25) is 6.41 Å². The van der Waals surface area contributed by atoms with E-state index in [4.69, 9.17) is 0 Å². The van der Waals surface area contributed by atoms with Gasteiger partial charge in [0.05, 0.1) is 5.54 Å². The van der Waals surface area contributed by atoms with E-state index in [1.807, 2.05) is 0 Å². The highest BCUT2D eigenvalue weighted by molar-refractivity contribution is 5.50. The molecule has 0 aliphatic carbocycles. The van der Waals surface area contributed by atoms with Crippen molar-refractivity contribution in [1.29, 1.82) is 0 Å². The number of amides is 1. The topological polar surface area (TPSA) is 44.4 Å². The Bertz CT molecular complexity index is 224. The highest BCUT2D eigenvalue weighted by atomic mass is 19.2. The van der Waals surface area contributed by atoms with Crippen molar-refractivity contribution in [2.24, 2.45) is 0 Å². The third-order valence-corrected chi connectivity index (χ3v) is 2.78. The largest absolute Gasteiger partial charge is 0.390 e. The van der Waals surface area contributed by atoms with Crippen LogP contribution in [-0.4, -0.2) is 37.2 Å². The Morgan fingerprint density at radius 1 is 1.57 bits per heavy atom. The molecule has 0 atom stereocenters. The van der Waals surface area contributed by atoms with Crippen LogP contribution < -0.4 is 10.6 Å². The number of rotatable bonds is 4. The van der Waals surface area contributed by atoms with Gasteiger partial charge in [-0.3, -0.25) is 4.79 Å². The monoisotopic (exact) mass is 201 g/mol. The first-order valence-corrected chi connectivity index (χ1v) is 4.64. The molecule has 1 fully saturated rings. The normalized spacial score (nSPS) is 21.3. The minimum Gasteiger partial charge on any atom is -0.390 e. The first-order valence-electron chi connectivity index (χ1n) is 4.64. The van der Waals surface area contributed by atoms with Crippen LogP contribution in [0.15, 0.2) is 12.3 Å². The number of carbonyl (C=O) groups is 1. The minimum absolute atomic E-state index is 0.321. The molecule has 1 heterocycles. The molecular formula is C9H16FN3O. The van der Waals surface area contributed by atoms with Gasteiger partial charge in [0.25, 0.3) is 0 Å². The van der Waals surface area contributed by atoms with Crippen molar-refractivity contribution in [3.63, 3.8) is 0 Å². The molecule has 0 bridgehead atoms. The van der Waals surface area contributed by atoms with Gasteiger partial charge in [-0.15, -0.1) is 9.60 Å². The van der Waals surface area contributed by atoms with E-state index in [2.05, 4.69) is 17.2 Å². The molecule has 0 aromatic rings. The van der Waals surface area contributed by atoms with Crippen LogP contribution in [0.4, 0.5) is 4.48 Å². The molecule has 1 saturated heterocycles. The van der Waals surface area contributed by atoms with E-state index in [0.717, 1.165) is 10.8 Å². The Morgan fingerprint density at radius 3 is 2.57 bits per heavy atom. The highest BCUT2D eigenvalue weighted by Crippen LogP contribution is 2.27. The third-order valence-electron chi connectivity index (χ3n) is 2.78. The second kappa shape index (κ2) is 4.41. The fraction of sp³-hybridized carbons (Fsp3) is 0.667. The Labute approximate surface area is 83.1 Å². The number of halogens is 1. The molecule has 1 amide bonds. The van der Waals surface area contributed by atoms with Crippen LogP contribution in [0.1, 0.15) is 12.8 Å². The van der Waals surface area contributed by atoms with Gasteiger partial charge in [-0.05, 0) is 12.8 Å². The van der Waals surface area contributed by atoms with Gasteiger partial charge in [0.1, 0.15) is 0 Å². The summed E-state index contributed by atoms with van der Waals surface area (Å²) in [5.41, 5.74) is 0.247. The Hall–Kier alpha value is -1.10. The summed E-state index contributed by atoms with van der Waals surface area (Å²) >= 11 is 0. The summed E-state index contributed by atoms with van der Waals surface area (Å²) in [5.74, 6) is 0. The number of piperidine rings is 1. The van der Waals surface area contributed by atoms with Crippen molar-refractivity contribution in [3.05, 3.63) is 12.3 Å². The molecule has 0 spiro atoms. The van der Waals surface area contributed by atoms with Crippen molar-refractivity contribution in [2.45, 2.75) is 18.4 Å². The van der Waals surface area contributed by atoms with Crippen molar-refractivity contribution >= 4 is 6.41 Å². The Balaban J connectivity index is 2.72. The maximum atomic E-state index is 12.8. The van der Waals surface area contributed by atoms with E-state index in [0.29, 0.717) is 32.3 Å². The lowest BCUT2D eigenvalue weighted by molar-refractivity contribution is -0.112. The van der Waals surface area contributed by atoms with Gasteiger partial charge in [-0.2, -0.15) is 0 Å². The van der Waals surface area contributed by atoms with Crippen molar-refractivity contribution in [3.8, 4) is 0 Å². The first-order chi connectivity index (χ1) is 6.64. The van der Waals surface area contributed by atoms with Crippen molar-refractivity contribution < 1.29 is 9.28 Å². The molecule has 0 aromatic carbocycles. The average molecular weight is 201 g/mol. The van der Waals surface area contributed by atoms with Gasteiger partial charge in [-0.1, -0.05) is 6.58 Å². The molecule has 0 radical (unpaired) electrons. The van der Waals surface area contributed by atoms with Crippen molar-refractivity contribution in [1.82, 2.24) is 15.8 Å². The molecule has 5 heteroatoms. The van der Waals surface area contributed by atoms with E-state index in [9.17, 15) is 9.28 Å². The van der Waals surface area contributed by atoms with Crippen LogP contribution in [0, 0.1) is 0 Å². The Morgan fingerprint density at radius 2 is 2.14 bits per heavy atom. The van der Waals surface area contributed by atoms with E-state index >= 15 is 0 Å². The van der Waals surface area contributed by atoms with Crippen LogP contribution >= 0.6 is 0 Å². The summed E-state index contributed by atoms with van der Waals surface area (Å²) in [5, 5.41) is 6.41. The Kier molecular flexibility index (Phi) is 3.46. The summed E-state index contributed by atoms with van der Waals surface area (Å²) in [6.07, 6.45) is 1.74. The molecular weight excluding hydrogens is 185 g/mol. The number of nitrogens with zero attached hydrogens (tertiary/aromatic N) is 1. The molecule has 0 aromatic heterocycles. The second-order valence-corrected chi connectivity index (χ2v) is 3.48. The number of likely N-dealkylation sites (N-methyl/N-ethyl adjacent to an activating group) is 1. The number of hydrogen-bond donors (Lipinski definition) is 2. The summed E-state index contributed by atoms with van der Waals surface area (Å²) in [7, 11) is 1.75. The zero-order chi connectivity index (χ0) is 10.6. The lowest BCUT2D eigenvalue weighted by Gasteiger charge is -2.39. The minimum atomic E-state index is -0.487. The summed E-state index contributed by atoms with van der Waals surface area (Å²) < 4.78 is 12.8. The number of carbonyl (C=O) groups excluding carboxylic acids is 1. The molecule has 1 rings (SSSR count). The lowest BCUT2D eigenvalue weighted by Crippen LogP contribution is -2.54. The molecule has 4 nitrogen and oxygen atoms in total. The van der Waals surface area contributed by atoms with Crippen molar-refractivity contribution in [2.75, 3.05) is 20.1 Å². The van der Waals surface area contributed by atoms with E-state index in [1.54, 1.807) is 7.05 Å². The smallest absolute Gasteiger partial charge is 0.207 e. The molecule has 0 saturated carbocycles. The first kappa shape index (κ1) is 11.0. The molecule has 2 N–H and O–H groups in total. The third kappa shape index (κ3) is 2.04. The maximum Gasteiger partial charge on any atom is 0.207 e. The van der Waals surface area contributed by atoms with Crippen LogP contribution in [0.25, 0.3) is 0 Å². The van der Waals surface area contributed by atoms with E-state index in [-0.39, 0.29) is 0 Å². The van der Waals surface area contributed by atoms with Gasteiger partial charge in [0, 0.05) is 25.8 Å². The van der Waals surface area contributed by atoms with Crippen LogP contribution in [0.3, 0.4) is 0 Å². The average Bonchev–Trinajstić information content (AvgIpc) is 2.21. The summed E-state index contributed by atoms with van der Waals surface area (Å²) in [4.78, 5) is 10.5. The fourth-order valence-corrected chi connectivity index (χ4v) is 1.75. The number of hydrogen-bond acceptors (Lipinski definition) is 3. The van der Waals surface area contributed by atoms with E-state index in [1.165, 1.54) is 0 Å². The van der Waals surface area contributed by atoms with Gasteiger partial charge in [-0.25, -0.2) is 0 Å². The van der Waals surface area contributed by atoms with Gasteiger partial charge >= 0.3 is 0 Å². The number of nitrogens with one attached hydrogen (secondary N) is 2. The van der Waals surface area contributed by atoms with Crippen LogP contribution in [0.2, 0.25) is 0 Å². The zero-order valence-corrected chi connectivity index (χ0v) is 8.35. The molecule has 1 aliphatic heterocycles. The molecule has 0 unspecified atom stereocenters. The van der Waals surface area contributed by atoms with E-state index < -0.39 is 5.54 Å². The lowest BCUT2D eigenvalue weighted by atomic mass is 9.85. The maximum absolute atomic E-state index is 12.8. The highest BCUT2D eigenvalue weighted by Gasteiger charge is 2.36. The molecule has 80 valence electrons. The predicted octanol–water partition coefficient (Wildman–Crippen LogP) is 0.185. The summed E-state index contributed by atoms with van der Waals surface area (Å²) in [6, 6.07) is 0. The molecule has 1 aliphatic rings. The molecule has 14 heavy (non-hydrogen) atoms. The second-order valence-electron chi connectivity index (χ2n) is 3.48. The zero-order valence-electron chi connectivity index (χ0n) is 8.35. The quantitative estimate of drug-likeness (QED) is 0.504. The standard InChI is InChI=1S/C9H16FN3O/c1-8(11-2)9(12-7-14)3-5-13(10)6-4-9/h7,11H,1,3-6H2,2H3,(H,12,14). The van der Waals surface area contributed by atoms with Crippen LogP contribution in [-0.2, 0) is 4.79 Å². The fourth-order valence-electron chi connectivity index (χ4n) is 1.75. The SMILES string of the molecule is C=C(NC)C1(NC=O)CCN(F)CC1. The predicted molar refractivity (Wildman–Crippen MR) is 52.0 cm³/mol. The summed E-state index contributed by atoms with van der Waals surface area (Å²) in [6.45, 7) is 4.48. The van der Waals surface area contributed by atoms with Gasteiger partial charge in [0.15, 0.2) is 0 Å². The van der Waals surface area contributed by atoms with Crippen LogP contribution in [0.5, 0.6) is 0 Å².